The van der Waals surface area contributed by atoms with E-state index in [-0.39, 0.29) is 6.61 Å². The van der Waals surface area contributed by atoms with Gasteiger partial charge in [-0.1, -0.05) is 0 Å². The van der Waals surface area contributed by atoms with Crippen molar-refractivity contribution in [3.05, 3.63) is 16.1 Å². The van der Waals surface area contributed by atoms with E-state index < -0.39 is 0 Å². The molecular formula is C5H8N2OS. The van der Waals surface area contributed by atoms with Gasteiger partial charge in [0.25, 0.3) is 0 Å². The normalized spacial score (nSPS) is 10.0. The molecule has 9 heavy (non-hydrogen) atoms. The molecule has 0 spiro atoms. The van der Waals surface area contributed by atoms with Crippen molar-refractivity contribution in [2.45, 2.75) is 13.2 Å². The summed E-state index contributed by atoms with van der Waals surface area (Å²) in [5.74, 6) is 0. The molecule has 1 heterocycles. The molecule has 0 aliphatic rings. The van der Waals surface area contributed by atoms with Crippen molar-refractivity contribution in [3.8, 4) is 0 Å². The summed E-state index contributed by atoms with van der Waals surface area (Å²) in [5, 5.41) is 9.29. The van der Waals surface area contributed by atoms with Crippen molar-refractivity contribution in [3.63, 3.8) is 0 Å². The number of hydrogen-bond acceptors (Lipinski definition) is 4. The number of thiazole rings is 1. The molecule has 1 aromatic heterocycles. The summed E-state index contributed by atoms with van der Waals surface area (Å²) in [7, 11) is 0. The Hall–Kier alpha value is -0.450. The second-order valence-electron chi connectivity index (χ2n) is 1.58. The average molecular weight is 144 g/mol. The van der Waals surface area contributed by atoms with Crippen LogP contribution in [0.3, 0.4) is 0 Å². The molecule has 0 fully saturated rings. The van der Waals surface area contributed by atoms with E-state index in [1.54, 1.807) is 6.20 Å². The maximum atomic E-state index is 8.55. The zero-order chi connectivity index (χ0) is 6.69. The summed E-state index contributed by atoms with van der Waals surface area (Å²) in [6, 6.07) is 0. The minimum absolute atomic E-state index is 0.0185. The molecule has 0 unspecified atom stereocenters. The van der Waals surface area contributed by atoms with Gasteiger partial charge in [0.15, 0.2) is 0 Å². The Balaban J connectivity index is 2.74. The van der Waals surface area contributed by atoms with E-state index in [4.69, 9.17) is 10.8 Å². The van der Waals surface area contributed by atoms with Gasteiger partial charge in [0.1, 0.15) is 5.01 Å². The third-order valence-corrected chi connectivity index (χ3v) is 1.94. The van der Waals surface area contributed by atoms with E-state index >= 15 is 0 Å². The number of aliphatic hydroxyl groups is 1. The summed E-state index contributed by atoms with van der Waals surface area (Å²) in [4.78, 5) is 4.91. The summed E-state index contributed by atoms with van der Waals surface area (Å²) in [6.45, 7) is 0.530. The van der Waals surface area contributed by atoms with Crippen LogP contribution in [-0.4, -0.2) is 10.1 Å². The lowest BCUT2D eigenvalue weighted by atomic mass is 10.6. The van der Waals surface area contributed by atoms with Crippen molar-refractivity contribution >= 4 is 11.3 Å². The quantitative estimate of drug-likeness (QED) is 0.618. The van der Waals surface area contributed by atoms with Gasteiger partial charge in [-0.3, -0.25) is 0 Å². The van der Waals surface area contributed by atoms with Gasteiger partial charge in [-0.25, -0.2) is 4.98 Å². The molecule has 4 heteroatoms. The summed E-state index contributed by atoms with van der Waals surface area (Å²) in [6.07, 6.45) is 1.69. The maximum absolute atomic E-state index is 8.55. The molecule has 50 valence electrons. The minimum Gasteiger partial charge on any atom is -0.389 e. The molecule has 0 amide bonds. The molecule has 0 aliphatic carbocycles. The largest absolute Gasteiger partial charge is 0.389 e. The molecule has 0 aromatic carbocycles. The fourth-order valence-electron chi connectivity index (χ4n) is 0.515. The van der Waals surface area contributed by atoms with Crippen LogP contribution in [0.5, 0.6) is 0 Å². The third kappa shape index (κ3) is 1.48. The lowest BCUT2D eigenvalue weighted by Crippen LogP contribution is -1.91. The molecule has 3 N–H and O–H groups in total. The topological polar surface area (TPSA) is 59.1 Å². The van der Waals surface area contributed by atoms with Gasteiger partial charge in [-0.05, 0) is 0 Å². The van der Waals surface area contributed by atoms with Crippen LogP contribution in [0.25, 0.3) is 0 Å². The Bertz CT molecular complexity index is 168. The minimum atomic E-state index is 0.0185. The molecule has 0 saturated heterocycles. The Morgan fingerprint density at radius 1 is 1.78 bits per heavy atom. The Labute approximate surface area is 57.2 Å². The van der Waals surface area contributed by atoms with Gasteiger partial charge in [-0.15, -0.1) is 11.3 Å². The second-order valence-corrected chi connectivity index (χ2v) is 2.78. The summed E-state index contributed by atoms with van der Waals surface area (Å²) < 4.78 is 0. The Morgan fingerprint density at radius 2 is 2.56 bits per heavy atom. The van der Waals surface area contributed by atoms with Crippen molar-refractivity contribution in [2.75, 3.05) is 0 Å². The standard InChI is InChI=1S/C5H8N2OS/c6-1-4-2-7-5(3-8)9-4/h2,8H,1,3,6H2. The van der Waals surface area contributed by atoms with Gasteiger partial charge >= 0.3 is 0 Å². The van der Waals surface area contributed by atoms with Crippen LogP contribution >= 0.6 is 11.3 Å². The van der Waals surface area contributed by atoms with E-state index in [9.17, 15) is 0 Å². The number of rotatable bonds is 2. The first kappa shape index (κ1) is 6.67. The third-order valence-electron chi connectivity index (χ3n) is 0.938. The molecule has 1 rings (SSSR count). The summed E-state index contributed by atoms with van der Waals surface area (Å²) >= 11 is 1.45. The van der Waals surface area contributed by atoms with E-state index in [2.05, 4.69) is 4.98 Å². The van der Waals surface area contributed by atoms with Gasteiger partial charge < -0.3 is 10.8 Å². The molecule has 3 nitrogen and oxygen atoms in total. The van der Waals surface area contributed by atoms with Crippen LogP contribution in [0, 0.1) is 0 Å². The van der Waals surface area contributed by atoms with Crippen molar-refractivity contribution in [2.24, 2.45) is 5.73 Å². The number of aromatic nitrogens is 1. The highest BCUT2D eigenvalue weighted by molar-refractivity contribution is 7.11. The Morgan fingerprint density at radius 3 is 2.89 bits per heavy atom. The van der Waals surface area contributed by atoms with Crippen molar-refractivity contribution in [1.29, 1.82) is 0 Å². The van der Waals surface area contributed by atoms with E-state index in [1.165, 1.54) is 11.3 Å². The fraction of sp³-hybridized carbons (Fsp3) is 0.400. The van der Waals surface area contributed by atoms with Crippen molar-refractivity contribution < 1.29 is 5.11 Å². The molecule has 0 saturated carbocycles. The highest BCUT2D eigenvalue weighted by Gasteiger charge is 1.96. The van der Waals surface area contributed by atoms with Gasteiger partial charge in [0.05, 0.1) is 6.61 Å². The monoisotopic (exact) mass is 144 g/mol. The van der Waals surface area contributed by atoms with Crippen molar-refractivity contribution in [1.82, 2.24) is 4.98 Å². The molecule has 0 aliphatic heterocycles. The SMILES string of the molecule is NCc1cnc(CO)s1. The number of aliphatic hydroxyl groups excluding tert-OH is 1. The second kappa shape index (κ2) is 2.91. The number of hydrogen-bond donors (Lipinski definition) is 2. The van der Waals surface area contributed by atoms with Crippen LogP contribution in [0.15, 0.2) is 6.20 Å². The maximum Gasteiger partial charge on any atom is 0.118 e. The van der Waals surface area contributed by atoms with Gasteiger partial charge in [-0.2, -0.15) is 0 Å². The lowest BCUT2D eigenvalue weighted by molar-refractivity contribution is 0.281. The van der Waals surface area contributed by atoms with Crippen LogP contribution in [0.4, 0.5) is 0 Å². The van der Waals surface area contributed by atoms with Gasteiger partial charge in [0, 0.05) is 17.6 Å². The Kier molecular flexibility index (Phi) is 2.16. The van der Waals surface area contributed by atoms with E-state index in [1.807, 2.05) is 0 Å². The van der Waals surface area contributed by atoms with Crippen LogP contribution < -0.4 is 5.73 Å². The predicted molar refractivity (Wildman–Crippen MR) is 35.9 cm³/mol. The highest BCUT2D eigenvalue weighted by atomic mass is 32.1. The fourth-order valence-corrected chi connectivity index (χ4v) is 1.18. The first-order chi connectivity index (χ1) is 4.36. The van der Waals surface area contributed by atoms with Gasteiger partial charge in [0.2, 0.25) is 0 Å². The van der Waals surface area contributed by atoms with E-state index in [0.717, 1.165) is 9.88 Å². The zero-order valence-corrected chi connectivity index (χ0v) is 5.69. The molecule has 0 radical (unpaired) electrons. The predicted octanol–water partition coefficient (Wildman–Crippen LogP) is 0.0941. The molecule has 0 bridgehead atoms. The van der Waals surface area contributed by atoms with Crippen LogP contribution in [0.1, 0.15) is 9.88 Å². The first-order valence-corrected chi connectivity index (χ1v) is 3.43. The zero-order valence-electron chi connectivity index (χ0n) is 4.87. The lowest BCUT2D eigenvalue weighted by Gasteiger charge is -1.81. The molecule has 0 atom stereocenters. The molecule has 1 aromatic rings. The number of nitrogens with two attached hydrogens (primary N) is 1. The van der Waals surface area contributed by atoms with Crippen LogP contribution in [-0.2, 0) is 13.2 Å². The highest BCUT2D eigenvalue weighted by Crippen LogP contribution is 2.10. The smallest absolute Gasteiger partial charge is 0.118 e. The van der Waals surface area contributed by atoms with Crippen LogP contribution in [0.2, 0.25) is 0 Å². The van der Waals surface area contributed by atoms with E-state index in [0.29, 0.717) is 6.54 Å². The average Bonchev–Trinajstić information content (AvgIpc) is 2.34. The first-order valence-electron chi connectivity index (χ1n) is 2.61. The molecular weight excluding hydrogens is 136 g/mol. The summed E-state index contributed by atoms with van der Waals surface area (Å²) in [5.41, 5.74) is 5.31. The number of nitrogens with zero attached hydrogens (tertiary/aromatic N) is 1.